The van der Waals surface area contributed by atoms with Crippen molar-refractivity contribution in [1.82, 2.24) is 10.1 Å². The van der Waals surface area contributed by atoms with E-state index in [0.29, 0.717) is 16.7 Å². The lowest BCUT2D eigenvalue weighted by Crippen LogP contribution is -2.02. The second-order valence-corrected chi connectivity index (χ2v) is 6.88. The summed E-state index contributed by atoms with van der Waals surface area (Å²) < 4.78 is 20.2. The molecule has 3 aromatic rings. The number of halogens is 1. The van der Waals surface area contributed by atoms with Crippen LogP contribution in [0.2, 0.25) is 0 Å². The van der Waals surface area contributed by atoms with E-state index >= 15 is 0 Å². The fourth-order valence-electron chi connectivity index (χ4n) is 3.17. The van der Waals surface area contributed by atoms with E-state index < -0.39 is 5.97 Å². The molecule has 0 aliphatic heterocycles. The van der Waals surface area contributed by atoms with Gasteiger partial charge in [0.2, 0.25) is 5.82 Å². The molecule has 3 rings (SSSR count). The molecule has 0 unspecified atom stereocenters. The summed E-state index contributed by atoms with van der Waals surface area (Å²) in [4.78, 5) is 15.8. The van der Waals surface area contributed by atoms with Crippen molar-refractivity contribution in [2.75, 3.05) is 0 Å². The number of hydrogen-bond donors (Lipinski definition) is 1. The molecule has 1 heterocycles. The van der Waals surface area contributed by atoms with Crippen LogP contribution in [0.15, 0.2) is 16.7 Å². The number of nitrogens with zero attached hydrogens (tertiary/aromatic N) is 2. The van der Waals surface area contributed by atoms with Gasteiger partial charge in [0, 0.05) is 5.56 Å². The van der Waals surface area contributed by atoms with E-state index in [1.54, 1.807) is 19.9 Å². The smallest absolute Gasteiger partial charge is 0.335 e. The quantitative estimate of drug-likeness (QED) is 0.697. The van der Waals surface area contributed by atoms with Crippen LogP contribution in [-0.2, 0) is 0 Å². The number of aromatic nitrogens is 2. The maximum absolute atomic E-state index is 14.9. The van der Waals surface area contributed by atoms with Crippen LogP contribution in [0.4, 0.5) is 4.39 Å². The summed E-state index contributed by atoms with van der Waals surface area (Å²) in [5.74, 6) is -1.09. The zero-order chi connectivity index (χ0) is 20.0. The van der Waals surface area contributed by atoms with Gasteiger partial charge in [-0.25, -0.2) is 9.18 Å². The number of aryl methyl sites for hydroxylation is 1. The van der Waals surface area contributed by atoms with Crippen molar-refractivity contribution >= 4 is 5.97 Å². The molecule has 0 saturated heterocycles. The van der Waals surface area contributed by atoms with Gasteiger partial charge in [0.05, 0.1) is 11.1 Å². The van der Waals surface area contributed by atoms with Crippen LogP contribution in [0, 0.1) is 47.4 Å². The lowest BCUT2D eigenvalue weighted by Gasteiger charge is -2.13. The van der Waals surface area contributed by atoms with Gasteiger partial charge in [-0.15, -0.1) is 0 Å². The first kappa shape index (κ1) is 18.8. The van der Waals surface area contributed by atoms with E-state index in [1.165, 1.54) is 6.07 Å². The summed E-state index contributed by atoms with van der Waals surface area (Å²) in [5.41, 5.74) is 5.64. The van der Waals surface area contributed by atoms with Gasteiger partial charge in [0.15, 0.2) is 0 Å². The second kappa shape index (κ2) is 6.61. The molecule has 0 spiro atoms. The molecule has 6 heteroatoms. The molecule has 0 bridgehead atoms. The van der Waals surface area contributed by atoms with Crippen LogP contribution < -0.4 is 0 Å². The summed E-state index contributed by atoms with van der Waals surface area (Å²) >= 11 is 0. The zero-order valence-corrected chi connectivity index (χ0v) is 16.2. The van der Waals surface area contributed by atoms with Crippen molar-refractivity contribution in [1.29, 1.82) is 0 Å². The number of rotatable bonds is 3. The second-order valence-electron chi connectivity index (χ2n) is 6.88. The third-order valence-electron chi connectivity index (χ3n) is 5.41. The van der Waals surface area contributed by atoms with Gasteiger partial charge in [-0.3, -0.25) is 0 Å². The van der Waals surface area contributed by atoms with Crippen molar-refractivity contribution < 1.29 is 18.8 Å². The summed E-state index contributed by atoms with van der Waals surface area (Å²) in [7, 11) is 0. The van der Waals surface area contributed by atoms with Crippen LogP contribution in [-0.4, -0.2) is 21.2 Å². The minimum atomic E-state index is -1.02. The third kappa shape index (κ3) is 3.01. The minimum absolute atomic E-state index is 0.0845. The molecule has 0 saturated carbocycles. The first-order valence-electron chi connectivity index (χ1n) is 8.58. The predicted molar refractivity (Wildman–Crippen MR) is 101 cm³/mol. The fraction of sp³-hybridized carbons (Fsp3) is 0.286. The number of carbonyl (C=O) groups is 1. The highest BCUT2D eigenvalue weighted by atomic mass is 19.1. The van der Waals surface area contributed by atoms with Gasteiger partial charge in [-0.05, 0) is 87.1 Å². The SMILES string of the molecule is Cc1cc(-c2noc(-c3c(C)c(C)c(C)c(C)c3F)n2)cc(C(=O)O)c1C. The number of hydrogen-bond acceptors (Lipinski definition) is 4. The number of benzene rings is 2. The number of carboxylic acids is 1. The third-order valence-corrected chi connectivity index (χ3v) is 5.41. The molecule has 27 heavy (non-hydrogen) atoms. The highest BCUT2D eigenvalue weighted by Crippen LogP contribution is 2.33. The Kier molecular flexibility index (Phi) is 4.59. The molecule has 0 amide bonds. The largest absolute Gasteiger partial charge is 0.478 e. The topological polar surface area (TPSA) is 76.2 Å². The van der Waals surface area contributed by atoms with Crippen molar-refractivity contribution in [2.45, 2.75) is 41.5 Å². The molecule has 2 aromatic carbocycles. The molecule has 5 nitrogen and oxygen atoms in total. The van der Waals surface area contributed by atoms with Gasteiger partial charge >= 0.3 is 5.97 Å². The molecule has 0 atom stereocenters. The van der Waals surface area contributed by atoms with Crippen LogP contribution in [0.1, 0.15) is 43.7 Å². The van der Waals surface area contributed by atoms with Crippen molar-refractivity contribution in [3.8, 4) is 22.8 Å². The summed E-state index contributed by atoms with van der Waals surface area (Å²) in [6.45, 7) is 10.9. The van der Waals surface area contributed by atoms with E-state index in [2.05, 4.69) is 10.1 Å². The summed E-state index contributed by atoms with van der Waals surface area (Å²) in [5, 5.41) is 13.3. The molecular weight excluding hydrogens is 347 g/mol. The van der Waals surface area contributed by atoms with Crippen LogP contribution in [0.3, 0.4) is 0 Å². The Balaban J connectivity index is 2.17. The van der Waals surface area contributed by atoms with Crippen molar-refractivity contribution in [3.63, 3.8) is 0 Å². The molecule has 1 aromatic heterocycles. The first-order chi connectivity index (χ1) is 12.6. The lowest BCUT2D eigenvalue weighted by molar-refractivity contribution is 0.0696. The molecule has 0 radical (unpaired) electrons. The molecular formula is C21H21FN2O3. The van der Waals surface area contributed by atoms with Crippen molar-refractivity contribution in [3.05, 3.63) is 56.9 Å². The average molecular weight is 368 g/mol. The maximum atomic E-state index is 14.9. The Morgan fingerprint density at radius 2 is 1.59 bits per heavy atom. The van der Waals surface area contributed by atoms with Crippen molar-refractivity contribution in [2.24, 2.45) is 0 Å². The van der Waals surface area contributed by atoms with E-state index in [0.717, 1.165) is 22.3 Å². The normalized spacial score (nSPS) is 11.1. The molecule has 0 aliphatic rings. The van der Waals surface area contributed by atoms with Gasteiger partial charge in [0.25, 0.3) is 5.89 Å². The predicted octanol–water partition coefficient (Wildman–Crippen LogP) is 5.09. The Morgan fingerprint density at radius 3 is 2.22 bits per heavy atom. The number of carboxylic acid groups (broad SMARTS) is 1. The zero-order valence-electron chi connectivity index (χ0n) is 16.2. The van der Waals surface area contributed by atoms with E-state index in [9.17, 15) is 14.3 Å². The Hall–Kier alpha value is -3.02. The molecule has 0 aliphatic carbocycles. The molecule has 140 valence electrons. The van der Waals surface area contributed by atoms with Gasteiger partial charge in [-0.1, -0.05) is 5.16 Å². The highest BCUT2D eigenvalue weighted by molar-refractivity contribution is 5.91. The Labute approximate surface area is 156 Å². The fourth-order valence-corrected chi connectivity index (χ4v) is 3.17. The maximum Gasteiger partial charge on any atom is 0.335 e. The Morgan fingerprint density at radius 1 is 0.963 bits per heavy atom. The van der Waals surface area contributed by atoms with Crippen LogP contribution in [0.25, 0.3) is 22.8 Å². The summed E-state index contributed by atoms with van der Waals surface area (Å²) in [6.07, 6.45) is 0. The van der Waals surface area contributed by atoms with Crippen LogP contribution >= 0.6 is 0 Å². The van der Waals surface area contributed by atoms with E-state index in [-0.39, 0.29) is 28.7 Å². The van der Waals surface area contributed by atoms with E-state index in [1.807, 2.05) is 27.7 Å². The minimum Gasteiger partial charge on any atom is -0.478 e. The van der Waals surface area contributed by atoms with Gasteiger partial charge in [-0.2, -0.15) is 4.98 Å². The number of aromatic carboxylic acids is 1. The lowest BCUT2D eigenvalue weighted by atomic mass is 9.93. The monoisotopic (exact) mass is 368 g/mol. The van der Waals surface area contributed by atoms with Gasteiger partial charge < -0.3 is 9.63 Å². The molecule has 1 N–H and O–H groups in total. The molecule has 0 fully saturated rings. The highest BCUT2D eigenvalue weighted by Gasteiger charge is 2.22. The van der Waals surface area contributed by atoms with E-state index in [4.69, 9.17) is 4.52 Å². The standard InChI is InChI=1S/C21H21FN2O3/c1-9-7-15(8-16(10(9)2)21(25)26)19-23-20(27-24-19)17-13(5)11(3)12(4)14(6)18(17)22/h7-8H,1-6H3,(H,25,26). The average Bonchev–Trinajstić information content (AvgIpc) is 3.10. The summed E-state index contributed by atoms with van der Waals surface area (Å²) in [6, 6.07) is 3.30. The van der Waals surface area contributed by atoms with Gasteiger partial charge in [0.1, 0.15) is 5.82 Å². The first-order valence-corrected chi connectivity index (χ1v) is 8.58. The Bertz CT molecular complexity index is 1050. The van der Waals surface area contributed by atoms with Crippen LogP contribution in [0.5, 0.6) is 0 Å².